The smallest absolute Gasteiger partial charge is 0.251 e. The number of carbonyl (C=O) groups excluding carboxylic acids is 2. The predicted octanol–water partition coefficient (Wildman–Crippen LogP) is 3.59. The van der Waals surface area contributed by atoms with Gasteiger partial charge in [0.25, 0.3) is 5.91 Å². The van der Waals surface area contributed by atoms with E-state index < -0.39 is 11.7 Å². The summed E-state index contributed by atoms with van der Waals surface area (Å²) in [7, 11) is 0. The van der Waals surface area contributed by atoms with Crippen LogP contribution in [-0.4, -0.2) is 18.4 Å². The molecular weight excluding hydrogens is 375 g/mol. The molecule has 126 valence electrons. The molecule has 24 heavy (non-hydrogen) atoms. The monoisotopic (exact) mass is 392 g/mol. The molecule has 1 unspecified atom stereocenters. The van der Waals surface area contributed by atoms with Gasteiger partial charge in [-0.2, -0.15) is 0 Å². The van der Waals surface area contributed by atoms with Crippen molar-refractivity contribution in [3.63, 3.8) is 0 Å². The van der Waals surface area contributed by atoms with Gasteiger partial charge < -0.3 is 10.6 Å². The molecule has 0 aliphatic carbocycles. The normalized spacial score (nSPS) is 11.6. The molecule has 1 atom stereocenters. The molecule has 0 aromatic heterocycles. The summed E-state index contributed by atoms with van der Waals surface area (Å²) in [4.78, 5) is 24.0. The maximum atomic E-state index is 12.8. The van der Waals surface area contributed by atoms with Crippen LogP contribution in [0.5, 0.6) is 0 Å². The van der Waals surface area contributed by atoms with E-state index >= 15 is 0 Å². The van der Waals surface area contributed by atoms with E-state index in [-0.39, 0.29) is 18.5 Å². The highest BCUT2D eigenvalue weighted by Gasteiger charge is 2.14. The SMILES string of the molecule is CCC(NC(=O)CNC(=O)c1ccc(F)cc1)c1ccc(Br)cc1. The fourth-order valence-corrected chi connectivity index (χ4v) is 2.49. The van der Waals surface area contributed by atoms with Crippen molar-refractivity contribution < 1.29 is 14.0 Å². The van der Waals surface area contributed by atoms with E-state index in [1.165, 1.54) is 24.3 Å². The Labute approximate surface area is 148 Å². The first-order valence-electron chi connectivity index (χ1n) is 7.58. The third kappa shape index (κ3) is 5.16. The van der Waals surface area contributed by atoms with Crippen LogP contribution in [-0.2, 0) is 4.79 Å². The average molecular weight is 393 g/mol. The van der Waals surface area contributed by atoms with Gasteiger partial charge >= 0.3 is 0 Å². The molecule has 0 aliphatic heterocycles. The molecular formula is C18H18BrFN2O2. The summed E-state index contributed by atoms with van der Waals surface area (Å²) >= 11 is 3.38. The van der Waals surface area contributed by atoms with Crippen LogP contribution in [0.2, 0.25) is 0 Å². The topological polar surface area (TPSA) is 58.2 Å². The van der Waals surface area contributed by atoms with Crippen LogP contribution in [0.25, 0.3) is 0 Å². The van der Waals surface area contributed by atoms with Crippen molar-refractivity contribution in [3.05, 3.63) is 69.9 Å². The first-order valence-corrected chi connectivity index (χ1v) is 8.37. The lowest BCUT2D eigenvalue weighted by Gasteiger charge is -2.18. The summed E-state index contributed by atoms with van der Waals surface area (Å²) in [5.41, 5.74) is 1.31. The number of halogens is 2. The second kappa shape index (κ2) is 8.59. The third-order valence-electron chi connectivity index (χ3n) is 3.53. The molecule has 0 bridgehead atoms. The van der Waals surface area contributed by atoms with Gasteiger partial charge in [-0.25, -0.2) is 4.39 Å². The highest BCUT2D eigenvalue weighted by atomic mass is 79.9. The largest absolute Gasteiger partial charge is 0.348 e. The van der Waals surface area contributed by atoms with E-state index in [0.29, 0.717) is 5.56 Å². The van der Waals surface area contributed by atoms with E-state index in [0.717, 1.165) is 16.5 Å². The van der Waals surface area contributed by atoms with Crippen molar-refractivity contribution in [2.24, 2.45) is 0 Å². The van der Waals surface area contributed by atoms with Gasteiger partial charge in [0.15, 0.2) is 0 Å². The summed E-state index contributed by atoms with van der Waals surface area (Å²) in [6, 6.07) is 12.8. The number of carbonyl (C=O) groups is 2. The molecule has 0 saturated heterocycles. The van der Waals surface area contributed by atoms with Gasteiger partial charge in [-0.15, -0.1) is 0 Å². The Balaban J connectivity index is 1.88. The van der Waals surface area contributed by atoms with Crippen LogP contribution >= 0.6 is 15.9 Å². The Bertz CT molecular complexity index is 702. The lowest BCUT2D eigenvalue weighted by atomic mass is 10.0. The van der Waals surface area contributed by atoms with E-state index in [4.69, 9.17) is 0 Å². The Morgan fingerprint density at radius 2 is 1.71 bits per heavy atom. The minimum Gasteiger partial charge on any atom is -0.348 e. The van der Waals surface area contributed by atoms with Crippen molar-refractivity contribution in [2.45, 2.75) is 19.4 Å². The molecule has 6 heteroatoms. The summed E-state index contributed by atoms with van der Waals surface area (Å²) in [6.45, 7) is 1.84. The molecule has 0 spiro atoms. The number of hydrogen-bond acceptors (Lipinski definition) is 2. The van der Waals surface area contributed by atoms with Gasteiger partial charge in [-0.3, -0.25) is 9.59 Å². The van der Waals surface area contributed by atoms with E-state index in [2.05, 4.69) is 26.6 Å². The fraction of sp³-hybridized carbons (Fsp3) is 0.222. The second-order valence-corrected chi connectivity index (χ2v) is 6.19. The lowest BCUT2D eigenvalue weighted by molar-refractivity contribution is -0.120. The van der Waals surface area contributed by atoms with Crippen molar-refractivity contribution >= 4 is 27.7 Å². The highest BCUT2D eigenvalue weighted by molar-refractivity contribution is 9.10. The van der Waals surface area contributed by atoms with E-state index in [9.17, 15) is 14.0 Å². The zero-order valence-electron chi connectivity index (χ0n) is 13.2. The van der Waals surface area contributed by atoms with Crippen molar-refractivity contribution in [1.82, 2.24) is 10.6 Å². The number of nitrogens with one attached hydrogen (secondary N) is 2. The Morgan fingerprint density at radius 1 is 1.08 bits per heavy atom. The Morgan fingerprint density at radius 3 is 2.29 bits per heavy atom. The standard InChI is InChI=1S/C18H18BrFN2O2/c1-2-16(12-3-7-14(19)8-4-12)22-17(23)11-21-18(24)13-5-9-15(20)10-6-13/h3-10,16H,2,11H2,1H3,(H,21,24)(H,22,23). The first kappa shape index (κ1) is 18.1. The zero-order valence-corrected chi connectivity index (χ0v) is 14.8. The third-order valence-corrected chi connectivity index (χ3v) is 4.06. The van der Waals surface area contributed by atoms with Gasteiger partial charge in [0, 0.05) is 10.0 Å². The summed E-state index contributed by atoms with van der Waals surface area (Å²) in [5, 5.41) is 5.42. The van der Waals surface area contributed by atoms with Crippen LogP contribution in [0.15, 0.2) is 53.0 Å². The molecule has 2 aromatic carbocycles. The van der Waals surface area contributed by atoms with Crippen LogP contribution in [0.3, 0.4) is 0 Å². The molecule has 2 amide bonds. The Kier molecular flexibility index (Phi) is 6.49. The zero-order chi connectivity index (χ0) is 17.5. The molecule has 2 rings (SSSR count). The van der Waals surface area contributed by atoms with Crippen LogP contribution in [0.4, 0.5) is 4.39 Å². The van der Waals surface area contributed by atoms with Crippen molar-refractivity contribution in [3.8, 4) is 0 Å². The average Bonchev–Trinajstić information content (AvgIpc) is 2.59. The maximum absolute atomic E-state index is 12.8. The Hall–Kier alpha value is -2.21. The second-order valence-electron chi connectivity index (χ2n) is 5.27. The molecule has 0 radical (unpaired) electrons. The van der Waals surface area contributed by atoms with Crippen LogP contribution < -0.4 is 10.6 Å². The molecule has 0 fully saturated rings. The van der Waals surface area contributed by atoms with Crippen LogP contribution in [0.1, 0.15) is 35.3 Å². The van der Waals surface area contributed by atoms with Gasteiger partial charge in [-0.05, 0) is 48.4 Å². The molecule has 2 N–H and O–H groups in total. The van der Waals surface area contributed by atoms with Crippen molar-refractivity contribution in [1.29, 1.82) is 0 Å². The molecule has 0 saturated carbocycles. The van der Waals surface area contributed by atoms with Crippen molar-refractivity contribution in [2.75, 3.05) is 6.54 Å². The minimum absolute atomic E-state index is 0.117. The number of rotatable bonds is 6. The highest BCUT2D eigenvalue weighted by Crippen LogP contribution is 2.19. The number of hydrogen-bond donors (Lipinski definition) is 2. The fourth-order valence-electron chi connectivity index (χ4n) is 2.23. The molecule has 4 nitrogen and oxygen atoms in total. The van der Waals surface area contributed by atoms with Gasteiger partial charge in [0.05, 0.1) is 12.6 Å². The first-order chi connectivity index (χ1) is 11.5. The molecule has 0 aliphatic rings. The quantitative estimate of drug-likeness (QED) is 0.788. The molecule has 0 heterocycles. The number of amides is 2. The van der Waals surface area contributed by atoms with Crippen LogP contribution in [0, 0.1) is 5.82 Å². The minimum atomic E-state index is -0.415. The summed E-state index contributed by atoms with van der Waals surface area (Å²) < 4.78 is 13.8. The number of benzene rings is 2. The summed E-state index contributed by atoms with van der Waals surface area (Å²) in [5.74, 6) is -1.10. The summed E-state index contributed by atoms with van der Waals surface area (Å²) in [6.07, 6.45) is 0.735. The van der Waals surface area contributed by atoms with Gasteiger partial charge in [-0.1, -0.05) is 35.0 Å². The molecule has 2 aromatic rings. The predicted molar refractivity (Wildman–Crippen MR) is 94.0 cm³/mol. The van der Waals surface area contributed by atoms with E-state index in [1.54, 1.807) is 0 Å². The maximum Gasteiger partial charge on any atom is 0.251 e. The van der Waals surface area contributed by atoms with E-state index in [1.807, 2.05) is 31.2 Å². The van der Waals surface area contributed by atoms with Gasteiger partial charge in [0.1, 0.15) is 5.82 Å². The lowest BCUT2D eigenvalue weighted by Crippen LogP contribution is -2.38. The van der Waals surface area contributed by atoms with Gasteiger partial charge in [0.2, 0.25) is 5.91 Å².